The van der Waals surface area contributed by atoms with Gasteiger partial charge in [-0.25, -0.2) is 0 Å². The van der Waals surface area contributed by atoms with Gasteiger partial charge in [-0.3, -0.25) is 4.90 Å². The summed E-state index contributed by atoms with van der Waals surface area (Å²) in [5.74, 6) is 2.63. The van der Waals surface area contributed by atoms with Crippen LogP contribution >= 0.6 is 0 Å². The molecule has 0 radical (unpaired) electrons. The summed E-state index contributed by atoms with van der Waals surface area (Å²) in [5.41, 5.74) is 0. The molecule has 0 amide bonds. The predicted molar refractivity (Wildman–Crippen MR) is 69.6 cm³/mol. The molecule has 0 saturated carbocycles. The lowest BCUT2D eigenvalue weighted by molar-refractivity contribution is 0.0634. The smallest absolute Gasteiger partial charge is 0.00929 e. The van der Waals surface area contributed by atoms with Crippen LogP contribution in [-0.4, -0.2) is 36.6 Å². The number of rotatable bonds is 2. The van der Waals surface area contributed by atoms with Gasteiger partial charge in [-0.05, 0) is 51.0 Å². The fourth-order valence-electron chi connectivity index (χ4n) is 3.54. The Bertz CT molecular complexity index is 229. The molecule has 2 nitrogen and oxygen atoms in total. The number of hydrogen-bond acceptors (Lipinski definition) is 2. The third kappa shape index (κ3) is 2.60. The van der Waals surface area contributed by atoms with Gasteiger partial charge in [0.25, 0.3) is 0 Å². The second kappa shape index (κ2) is 5.05. The summed E-state index contributed by atoms with van der Waals surface area (Å²) in [4.78, 5) is 2.74. The minimum Gasteiger partial charge on any atom is -0.314 e. The maximum Gasteiger partial charge on any atom is 0.00929 e. The van der Waals surface area contributed by atoms with Crippen LogP contribution in [0.5, 0.6) is 0 Å². The first-order valence-electron chi connectivity index (χ1n) is 7.05. The van der Waals surface area contributed by atoms with Crippen molar-refractivity contribution in [1.29, 1.82) is 0 Å². The SMILES string of the molecule is CC1CC(C)C(C)N(CC2CCNC2C)C1. The van der Waals surface area contributed by atoms with Crippen LogP contribution in [0.4, 0.5) is 0 Å². The minimum absolute atomic E-state index is 0.722. The van der Waals surface area contributed by atoms with Crippen molar-refractivity contribution >= 4 is 0 Å². The fraction of sp³-hybridized carbons (Fsp3) is 1.00. The lowest BCUT2D eigenvalue weighted by Gasteiger charge is -2.42. The van der Waals surface area contributed by atoms with E-state index in [0.29, 0.717) is 0 Å². The van der Waals surface area contributed by atoms with E-state index in [1.807, 2.05) is 0 Å². The lowest BCUT2D eigenvalue weighted by Crippen LogP contribution is -2.48. The molecule has 16 heavy (non-hydrogen) atoms. The summed E-state index contributed by atoms with van der Waals surface area (Å²) < 4.78 is 0. The van der Waals surface area contributed by atoms with Crippen LogP contribution < -0.4 is 5.32 Å². The molecule has 0 spiro atoms. The van der Waals surface area contributed by atoms with Gasteiger partial charge in [0.05, 0.1) is 0 Å². The third-order valence-corrected chi connectivity index (χ3v) is 4.88. The van der Waals surface area contributed by atoms with E-state index in [1.54, 1.807) is 0 Å². The number of piperidine rings is 1. The zero-order chi connectivity index (χ0) is 11.7. The van der Waals surface area contributed by atoms with E-state index in [-0.39, 0.29) is 0 Å². The van der Waals surface area contributed by atoms with E-state index >= 15 is 0 Å². The topological polar surface area (TPSA) is 15.3 Å². The molecule has 0 aliphatic carbocycles. The Morgan fingerprint density at radius 2 is 1.94 bits per heavy atom. The average molecular weight is 224 g/mol. The van der Waals surface area contributed by atoms with E-state index in [1.165, 1.54) is 32.5 Å². The zero-order valence-electron chi connectivity index (χ0n) is 11.4. The predicted octanol–water partition coefficient (Wildman–Crippen LogP) is 2.35. The molecule has 5 unspecified atom stereocenters. The highest BCUT2D eigenvalue weighted by atomic mass is 15.2. The van der Waals surface area contributed by atoms with Gasteiger partial charge in [0.2, 0.25) is 0 Å². The molecule has 0 aromatic rings. The second-order valence-electron chi connectivity index (χ2n) is 6.30. The van der Waals surface area contributed by atoms with Crippen molar-refractivity contribution in [3.05, 3.63) is 0 Å². The van der Waals surface area contributed by atoms with Crippen LogP contribution in [0.25, 0.3) is 0 Å². The van der Waals surface area contributed by atoms with Gasteiger partial charge in [-0.15, -0.1) is 0 Å². The van der Waals surface area contributed by atoms with Crippen molar-refractivity contribution in [2.75, 3.05) is 19.6 Å². The highest BCUT2D eigenvalue weighted by molar-refractivity contribution is 4.87. The van der Waals surface area contributed by atoms with Crippen LogP contribution in [0.15, 0.2) is 0 Å². The molecular formula is C14H28N2. The molecule has 0 aromatic carbocycles. The number of nitrogens with zero attached hydrogens (tertiary/aromatic N) is 1. The van der Waals surface area contributed by atoms with Gasteiger partial charge in [0.1, 0.15) is 0 Å². The van der Waals surface area contributed by atoms with Gasteiger partial charge in [0, 0.05) is 25.2 Å². The van der Waals surface area contributed by atoms with Crippen LogP contribution in [0.2, 0.25) is 0 Å². The largest absolute Gasteiger partial charge is 0.314 e. The molecule has 2 fully saturated rings. The Balaban J connectivity index is 1.92. The van der Waals surface area contributed by atoms with Gasteiger partial charge < -0.3 is 5.32 Å². The Morgan fingerprint density at radius 3 is 2.56 bits per heavy atom. The van der Waals surface area contributed by atoms with Crippen LogP contribution in [-0.2, 0) is 0 Å². The van der Waals surface area contributed by atoms with Crippen molar-refractivity contribution in [2.45, 2.75) is 52.6 Å². The van der Waals surface area contributed by atoms with E-state index in [2.05, 4.69) is 37.9 Å². The first-order chi connectivity index (χ1) is 7.58. The summed E-state index contributed by atoms with van der Waals surface area (Å²) in [5, 5.41) is 3.57. The summed E-state index contributed by atoms with van der Waals surface area (Å²) >= 11 is 0. The minimum atomic E-state index is 0.722. The van der Waals surface area contributed by atoms with Crippen LogP contribution in [0.3, 0.4) is 0 Å². The van der Waals surface area contributed by atoms with Gasteiger partial charge in [-0.2, -0.15) is 0 Å². The summed E-state index contributed by atoms with van der Waals surface area (Å²) in [6, 6.07) is 1.50. The van der Waals surface area contributed by atoms with Crippen molar-refractivity contribution in [3.63, 3.8) is 0 Å². The van der Waals surface area contributed by atoms with Crippen molar-refractivity contribution in [2.24, 2.45) is 17.8 Å². The van der Waals surface area contributed by atoms with E-state index < -0.39 is 0 Å². The number of likely N-dealkylation sites (tertiary alicyclic amines) is 1. The van der Waals surface area contributed by atoms with Crippen molar-refractivity contribution < 1.29 is 0 Å². The maximum absolute atomic E-state index is 3.57. The molecule has 94 valence electrons. The van der Waals surface area contributed by atoms with Gasteiger partial charge in [0.15, 0.2) is 0 Å². The molecular weight excluding hydrogens is 196 g/mol. The number of nitrogens with one attached hydrogen (secondary N) is 1. The third-order valence-electron chi connectivity index (χ3n) is 4.88. The molecule has 0 aromatic heterocycles. The Morgan fingerprint density at radius 1 is 1.19 bits per heavy atom. The second-order valence-corrected chi connectivity index (χ2v) is 6.30. The summed E-state index contributed by atoms with van der Waals surface area (Å²) in [7, 11) is 0. The van der Waals surface area contributed by atoms with E-state index in [4.69, 9.17) is 0 Å². The average Bonchev–Trinajstić information content (AvgIpc) is 2.60. The van der Waals surface area contributed by atoms with E-state index in [0.717, 1.165) is 29.8 Å². The van der Waals surface area contributed by atoms with Gasteiger partial charge in [-0.1, -0.05) is 13.8 Å². The molecule has 1 N–H and O–H groups in total. The quantitative estimate of drug-likeness (QED) is 0.774. The molecule has 2 heterocycles. The molecule has 2 aliphatic heterocycles. The zero-order valence-corrected chi connectivity index (χ0v) is 11.4. The first kappa shape index (κ1) is 12.4. The molecule has 0 bridgehead atoms. The Hall–Kier alpha value is -0.0800. The first-order valence-corrected chi connectivity index (χ1v) is 7.05. The maximum atomic E-state index is 3.57. The lowest BCUT2D eigenvalue weighted by atomic mass is 9.85. The van der Waals surface area contributed by atoms with Crippen LogP contribution in [0, 0.1) is 17.8 Å². The van der Waals surface area contributed by atoms with Crippen molar-refractivity contribution in [3.8, 4) is 0 Å². The van der Waals surface area contributed by atoms with Gasteiger partial charge >= 0.3 is 0 Å². The van der Waals surface area contributed by atoms with E-state index in [9.17, 15) is 0 Å². The van der Waals surface area contributed by atoms with Crippen molar-refractivity contribution in [1.82, 2.24) is 10.2 Å². The fourth-order valence-corrected chi connectivity index (χ4v) is 3.54. The van der Waals surface area contributed by atoms with Crippen LogP contribution in [0.1, 0.15) is 40.5 Å². The Kier molecular flexibility index (Phi) is 3.91. The highest BCUT2D eigenvalue weighted by Crippen LogP contribution is 2.29. The molecule has 5 atom stereocenters. The monoisotopic (exact) mass is 224 g/mol. The highest BCUT2D eigenvalue weighted by Gasteiger charge is 2.32. The molecule has 2 rings (SSSR count). The summed E-state index contributed by atoms with van der Waals surface area (Å²) in [6.07, 6.45) is 2.78. The standard InChI is InChI=1S/C14H28N2/c1-10-7-11(2)13(4)16(8-10)9-14-5-6-15-12(14)3/h10-15H,5-9H2,1-4H3. The molecule has 2 aliphatic rings. The normalized spacial score (nSPS) is 46.1. The summed E-state index contributed by atoms with van der Waals surface area (Å²) in [6.45, 7) is 13.4. The molecule has 2 saturated heterocycles. The number of hydrogen-bond donors (Lipinski definition) is 1. The molecule has 2 heteroatoms. The Labute approximate surface area is 101 Å².